The fourth-order valence-corrected chi connectivity index (χ4v) is 3.56. The second kappa shape index (κ2) is 7.43. The molecule has 0 saturated carbocycles. The van der Waals surface area contributed by atoms with E-state index in [2.05, 4.69) is 10.3 Å². The van der Waals surface area contributed by atoms with Crippen molar-refractivity contribution in [3.8, 4) is 27.6 Å². The first-order chi connectivity index (χ1) is 13.2. The van der Waals surface area contributed by atoms with Gasteiger partial charge in [0.1, 0.15) is 10.8 Å². The second-order valence-corrected chi connectivity index (χ2v) is 6.81. The van der Waals surface area contributed by atoms with Crippen molar-refractivity contribution in [2.75, 3.05) is 5.32 Å². The molecule has 1 aromatic heterocycles. The predicted molar refractivity (Wildman–Crippen MR) is 109 cm³/mol. The molecule has 0 aliphatic rings. The molecule has 0 saturated heterocycles. The van der Waals surface area contributed by atoms with Gasteiger partial charge in [0, 0.05) is 22.2 Å². The van der Waals surface area contributed by atoms with E-state index < -0.39 is 0 Å². The van der Waals surface area contributed by atoms with Crippen LogP contribution in [-0.4, -0.2) is 16.0 Å². The number of amides is 1. The van der Waals surface area contributed by atoms with E-state index in [9.17, 15) is 9.90 Å². The van der Waals surface area contributed by atoms with Crippen LogP contribution >= 0.6 is 11.3 Å². The summed E-state index contributed by atoms with van der Waals surface area (Å²) >= 11 is 1.48. The zero-order chi connectivity index (χ0) is 18.6. The third-order valence-electron chi connectivity index (χ3n) is 4.11. The van der Waals surface area contributed by atoms with Crippen molar-refractivity contribution < 1.29 is 9.90 Å². The van der Waals surface area contributed by atoms with Gasteiger partial charge in [-0.2, -0.15) is 0 Å². The first-order valence-corrected chi connectivity index (χ1v) is 9.29. The molecule has 4 nitrogen and oxygen atoms in total. The summed E-state index contributed by atoms with van der Waals surface area (Å²) in [5.41, 5.74) is 3.85. The number of nitrogens with one attached hydrogen (secondary N) is 1. The zero-order valence-electron chi connectivity index (χ0n) is 14.3. The van der Waals surface area contributed by atoms with Gasteiger partial charge in [0.05, 0.1) is 11.3 Å². The summed E-state index contributed by atoms with van der Waals surface area (Å²) in [4.78, 5) is 16.8. The number of phenols is 1. The average Bonchev–Trinajstić information content (AvgIpc) is 3.19. The molecule has 0 bridgehead atoms. The number of anilines is 1. The Hall–Kier alpha value is -3.44. The molecule has 1 heterocycles. The summed E-state index contributed by atoms with van der Waals surface area (Å²) < 4.78 is 0. The highest BCUT2D eigenvalue weighted by Gasteiger charge is 2.10. The number of rotatable bonds is 4. The Bertz CT molecular complexity index is 1070. The lowest BCUT2D eigenvalue weighted by molar-refractivity contribution is 0.102. The molecule has 1 amide bonds. The molecule has 0 unspecified atom stereocenters. The fraction of sp³-hybridized carbons (Fsp3) is 0. The minimum atomic E-state index is -0.140. The summed E-state index contributed by atoms with van der Waals surface area (Å²) in [5, 5.41) is 15.6. The molecule has 0 spiro atoms. The third-order valence-corrected chi connectivity index (χ3v) is 4.99. The largest absolute Gasteiger partial charge is 0.507 e. The molecule has 0 radical (unpaired) electrons. The van der Waals surface area contributed by atoms with Crippen molar-refractivity contribution in [3.63, 3.8) is 0 Å². The third kappa shape index (κ3) is 3.73. The minimum Gasteiger partial charge on any atom is -0.507 e. The molecule has 2 N–H and O–H groups in total. The van der Waals surface area contributed by atoms with Crippen molar-refractivity contribution in [1.82, 2.24) is 4.98 Å². The summed E-state index contributed by atoms with van der Waals surface area (Å²) in [6.07, 6.45) is 0. The highest BCUT2D eigenvalue weighted by molar-refractivity contribution is 7.13. The van der Waals surface area contributed by atoms with Gasteiger partial charge in [0.25, 0.3) is 5.91 Å². The van der Waals surface area contributed by atoms with Crippen LogP contribution in [0.25, 0.3) is 21.8 Å². The lowest BCUT2D eigenvalue weighted by Gasteiger charge is -2.06. The highest BCUT2D eigenvalue weighted by atomic mass is 32.1. The van der Waals surface area contributed by atoms with Crippen LogP contribution in [0.3, 0.4) is 0 Å². The van der Waals surface area contributed by atoms with E-state index in [0.29, 0.717) is 5.56 Å². The number of hydrogen-bond acceptors (Lipinski definition) is 4. The SMILES string of the molecule is O=C(Nc1ccc(-c2csc(-c3ccccc3O)n2)cc1)c1ccccc1. The summed E-state index contributed by atoms with van der Waals surface area (Å²) in [6.45, 7) is 0. The number of aromatic nitrogens is 1. The monoisotopic (exact) mass is 372 g/mol. The highest BCUT2D eigenvalue weighted by Crippen LogP contribution is 2.34. The number of benzene rings is 3. The topological polar surface area (TPSA) is 62.2 Å². The fourth-order valence-electron chi connectivity index (χ4n) is 2.70. The number of thiazole rings is 1. The lowest BCUT2D eigenvalue weighted by atomic mass is 10.1. The van der Waals surface area contributed by atoms with Crippen LogP contribution in [0.2, 0.25) is 0 Å². The molecular weight excluding hydrogens is 356 g/mol. The van der Waals surface area contributed by atoms with Crippen LogP contribution in [0.4, 0.5) is 5.69 Å². The summed E-state index contributed by atoms with van der Waals surface area (Å²) in [6, 6.07) is 23.8. The number of carbonyl (C=O) groups is 1. The molecule has 27 heavy (non-hydrogen) atoms. The predicted octanol–water partition coefficient (Wildman–Crippen LogP) is 5.44. The Morgan fingerprint density at radius 3 is 2.33 bits per heavy atom. The average molecular weight is 372 g/mol. The van der Waals surface area contributed by atoms with Gasteiger partial charge in [0.15, 0.2) is 0 Å². The lowest BCUT2D eigenvalue weighted by Crippen LogP contribution is -2.11. The zero-order valence-corrected chi connectivity index (χ0v) is 15.1. The molecule has 3 aromatic carbocycles. The van der Waals surface area contributed by atoms with Gasteiger partial charge in [-0.15, -0.1) is 11.3 Å². The molecule has 4 aromatic rings. The van der Waals surface area contributed by atoms with Crippen LogP contribution in [0, 0.1) is 0 Å². The molecule has 0 atom stereocenters. The quantitative estimate of drug-likeness (QED) is 0.502. The molecule has 0 aliphatic carbocycles. The molecule has 5 heteroatoms. The van der Waals surface area contributed by atoms with E-state index in [4.69, 9.17) is 0 Å². The first-order valence-electron chi connectivity index (χ1n) is 8.41. The Morgan fingerprint density at radius 2 is 1.59 bits per heavy atom. The van der Waals surface area contributed by atoms with E-state index in [1.807, 2.05) is 60.0 Å². The maximum absolute atomic E-state index is 12.2. The standard InChI is InChI=1S/C22H16N2O2S/c25-20-9-5-4-8-18(20)22-24-19(14-27-22)15-10-12-17(13-11-15)23-21(26)16-6-2-1-3-7-16/h1-14,25H,(H,23,26). The van der Waals surface area contributed by atoms with E-state index in [-0.39, 0.29) is 11.7 Å². The maximum Gasteiger partial charge on any atom is 0.255 e. The molecule has 0 fully saturated rings. The molecular formula is C22H16N2O2S. The summed E-state index contributed by atoms with van der Waals surface area (Å²) in [7, 11) is 0. The summed E-state index contributed by atoms with van der Waals surface area (Å²) in [5.74, 6) is 0.0798. The number of aromatic hydroxyl groups is 1. The van der Waals surface area contributed by atoms with Gasteiger partial charge in [0.2, 0.25) is 0 Å². The van der Waals surface area contributed by atoms with Crippen LogP contribution in [0.1, 0.15) is 10.4 Å². The Balaban J connectivity index is 1.51. The number of carbonyl (C=O) groups excluding carboxylic acids is 1. The van der Waals surface area contributed by atoms with Crippen LogP contribution in [0.15, 0.2) is 84.2 Å². The van der Waals surface area contributed by atoms with Crippen molar-refractivity contribution in [3.05, 3.63) is 89.8 Å². The Morgan fingerprint density at radius 1 is 0.889 bits per heavy atom. The van der Waals surface area contributed by atoms with Crippen LogP contribution in [0.5, 0.6) is 5.75 Å². The van der Waals surface area contributed by atoms with Gasteiger partial charge in [-0.1, -0.05) is 42.5 Å². The first kappa shape index (κ1) is 17.0. The van der Waals surface area contributed by atoms with E-state index in [1.54, 1.807) is 24.3 Å². The van der Waals surface area contributed by atoms with Gasteiger partial charge in [-0.3, -0.25) is 4.79 Å². The normalized spacial score (nSPS) is 10.5. The van der Waals surface area contributed by atoms with Gasteiger partial charge in [-0.05, 0) is 36.4 Å². The Kier molecular flexibility index (Phi) is 4.68. The molecule has 132 valence electrons. The maximum atomic E-state index is 12.2. The number of phenolic OH excluding ortho intramolecular Hbond substituents is 1. The van der Waals surface area contributed by atoms with Gasteiger partial charge in [-0.25, -0.2) is 4.98 Å². The smallest absolute Gasteiger partial charge is 0.255 e. The van der Waals surface area contributed by atoms with E-state index >= 15 is 0 Å². The van der Waals surface area contributed by atoms with Crippen molar-refractivity contribution in [1.29, 1.82) is 0 Å². The number of hydrogen-bond donors (Lipinski definition) is 2. The van der Waals surface area contributed by atoms with Crippen molar-refractivity contribution in [2.45, 2.75) is 0 Å². The van der Waals surface area contributed by atoms with Crippen LogP contribution in [-0.2, 0) is 0 Å². The van der Waals surface area contributed by atoms with Gasteiger partial charge >= 0.3 is 0 Å². The molecule has 4 rings (SSSR count). The second-order valence-electron chi connectivity index (χ2n) is 5.95. The van der Waals surface area contributed by atoms with Crippen molar-refractivity contribution in [2.24, 2.45) is 0 Å². The van der Waals surface area contributed by atoms with Gasteiger partial charge < -0.3 is 10.4 Å². The molecule has 0 aliphatic heterocycles. The van der Waals surface area contributed by atoms with E-state index in [0.717, 1.165) is 27.5 Å². The van der Waals surface area contributed by atoms with E-state index in [1.165, 1.54) is 11.3 Å². The Labute approximate surface area is 160 Å². The van der Waals surface area contributed by atoms with Crippen molar-refractivity contribution >= 4 is 22.9 Å². The number of nitrogens with zero attached hydrogens (tertiary/aromatic N) is 1. The van der Waals surface area contributed by atoms with Crippen LogP contribution < -0.4 is 5.32 Å². The minimum absolute atomic E-state index is 0.140. The number of para-hydroxylation sites is 1.